The van der Waals surface area contributed by atoms with E-state index >= 15 is 0 Å². The van der Waals surface area contributed by atoms with Gasteiger partial charge in [-0.15, -0.1) is 0 Å². The van der Waals surface area contributed by atoms with E-state index < -0.39 is 0 Å². The zero-order valence-corrected chi connectivity index (χ0v) is 14.8. The fourth-order valence-corrected chi connectivity index (χ4v) is 4.86. The van der Waals surface area contributed by atoms with Crippen molar-refractivity contribution in [2.75, 3.05) is 6.54 Å². The Morgan fingerprint density at radius 3 is 1.67 bits per heavy atom. The summed E-state index contributed by atoms with van der Waals surface area (Å²) >= 11 is 0. The van der Waals surface area contributed by atoms with Gasteiger partial charge >= 0.3 is 0 Å². The lowest BCUT2D eigenvalue weighted by atomic mass is 9.71. The van der Waals surface area contributed by atoms with Gasteiger partial charge in [0.1, 0.15) is 0 Å². The Hall–Kier alpha value is -1.95. The van der Waals surface area contributed by atoms with Crippen molar-refractivity contribution in [2.45, 2.75) is 17.9 Å². The first-order chi connectivity index (χ1) is 11.8. The lowest BCUT2D eigenvalue weighted by Gasteiger charge is -2.42. The highest BCUT2D eigenvalue weighted by molar-refractivity contribution is 7.13. The first kappa shape index (κ1) is 15.6. The van der Waals surface area contributed by atoms with Crippen molar-refractivity contribution >= 4 is 9.39 Å². The van der Waals surface area contributed by atoms with Gasteiger partial charge in [0.25, 0.3) is 0 Å². The molecule has 0 radical (unpaired) electrons. The minimum absolute atomic E-state index is 0.144. The summed E-state index contributed by atoms with van der Waals surface area (Å²) < 4.78 is 2.45. The smallest absolute Gasteiger partial charge is 0.0814 e. The lowest BCUT2D eigenvalue weighted by Crippen LogP contribution is -2.40. The SMILES string of the molecule is PN1CCC(c2ccccc2)C1(c1ccccc1)c1ccccc1. The maximum Gasteiger partial charge on any atom is 0.0814 e. The molecule has 4 rings (SSSR count). The summed E-state index contributed by atoms with van der Waals surface area (Å²) in [7, 11) is 3.00. The van der Waals surface area contributed by atoms with Crippen LogP contribution >= 0.6 is 9.39 Å². The van der Waals surface area contributed by atoms with E-state index in [2.05, 4.69) is 105 Å². The van der Waals surface area contributed by atoms with Crippen LogP contribution in [0.3, 0.4) is 0 Å². The molecule has 1 aliphatic heterocycles. The molecule has 0 saturated carbocycles. The molecule has 2 unspecified atom stereocenters. The van der Waals surface area contributed by atoms with Crippen molar-refractivity contribution in [3.05, 3.63) is 108 Å². The standard InChI is InChI=1S/C22H22NP/c24-23-17-16-21(18-10-4-1-5-11-18)22(23,19-12-6-2-7-13-19)20-14-8-3-9-15-20/h1-15,21H,16-17,24H2. The molecule has 3 aromatic carbocycles. The summed E-state index contributed by atoms with van der Waals surface area (Å²) in [6.07, 6.45) is 1.15. The van der Waals surface area contributed by atoms with Crippen molar-refractivity contribution in [1.29, 1.82) is 0 Å². The van der Waals surface area contributed by atoms with Crippen LogP contribution in [0.25, 0.3) is 0 Å². The van der Waals surface area contributed by atoms with Crippen molar-refractivity contribution in [3.63, 3.8) is 0 Å². The van der Waals surface area contributed by atoms with Crippen molar-refractivity contribution < 1.29 is 0 Å². The van der Waals surface area contributed by atoms with Gasteiger partial charge in [0.05, 0.1) is 5.54 Å². The predicted molar refractivity (Wildman–Crippen MR) is 104 cm³/mol. The topological polar surface area (TPSA) is 3.24 Å². The fourth-order valence-electron chi connectivity index (χ4n) is 4.23. The van der Waals surface area contributed by atoms with Gasteiger partial charge in [-0.05, 0) is 23.1 Å². The van der Waals surface area contributed by atoms with Gasteiger partial charge in [-0.3, -0.25) is 4.67 Å². The van der Waals surface area contributed by atoms with E-state index in [4.69, 9.17) is 0 Å². The van der Waals surface area contributed by atoms with E-state index in [0.717, 1.165) is 13.0 Å². The molecule has 1 heterocycles. The third-order valence-corrected chi connectivity index (χ3v) is 5.91. The molecule has 0 bridgehead atoms. The summed E-state index contributed by atoms with van der Waals surface area (Å²) in [5, 5.41) is 0. The van der Waals surface area contributed by atoms with Crippen LogP contribution in [0.1, 0.15) is 29.0 Å². The third kappa shape index (κ3) is 2.40. The van der Waals surface area contributed by atoms with Crippen LogP contribution < -0.4 is 0 Å². The van der Waals surface area contributed by atoms with Gasteiger partial charge in [-0.25, -0.2) is 0 Å². The summed E-state index contributed by atoms with van der Waals surface area (Å²) in [5.41, 5.74) is 3.99. The Labute approximate surface area is 146 Å². The van der Waals surface area contributed by atoms with E-state index in [-0.39, 0.29) is 5.54 Å². The van der Waals surface area contributed by atoms with Crippen LogP contribution in [-0.4, -0.2) is 11.2 Å². The van der Waals surface area contributed by atoms with Gasteiger partial charge < -0.3 is 0 Å². The fraction of sp³-hybridized carbons (Fsp3) is 0.182. The van der Waals surface area contributed by atoms with E-state index in [1.54, 1.807) is 0 Å². The maximum atomic E-state index is 3.00. The summed E-state index contributed by atoms with van der Waals surface area (Å²) in [5.74, 6) is 0.431. The second kappa shape index (κ2) is 6.51. The van der Waals surface area contributed by atoms with Crippen LogP contribution in [0, 0.1) is 0 Å². The van der Waals surface area contributed by atoms with E-state index in [1.165, 1.54) is 16.7 Å². The van der Waals surface area contributed by atoms with Crippen molar-refractivity contribution in [2.24, 2.45) is 0 Å². The first-order valence-corrected chi connectivity index (χ1v) is 9.03. The van der Waals surface area contributed by atoms with Crippen LogP contribution in [0.5, 0.6) is 0 Å². The quantitative estimate of drug-likeness (QED) is 0.596. The van der Waals surface area contributed by atoms with Gasteiger partial charge in [0.15, 0.2) is 0 Å². The molecule has 2 heteroatoms. The van der Waals surface area contributed by atoms with Crippen molar-refractivity contribution in [3.8, 4) is 0 Å². The molecule has 0 aromatic heterocycles. The minimum Gasteiger partial charge on any atom is -0.273 e. The van der Waals surface area contributed by atoms with E-state index in [0.29, 0.717) is 5.92 Å². The van der Waals surface area contributed by atoms with E-state index in [1.807, 2.05) is 0 Å². The molecule has 1 aliphatic rings. The summed E-state index contributed by atoms with van der Waals surface area (Å²) in [6, 6.07) is 32.8. The van der Waals surface area contributed by atoms with Crippen LogP contribution in [0.4, 0.5) is 0 Å². The average molecular weight is 331 g/mol. The lowest BCUT2D eigenvalue weighted by molar-refractivity contribution is 0.298. The molecule has 0 spiro atoms. The highest BCUT2D eigenvalue weighted by Gasteiger charge is 2.50. The molecule has 24 heavy (non-hydrogen) atoms. The van der Waals surface area contributed by atoms with Gasteiger partial charge in [0, 0.05) is 12.5 Å². The maximum absolute atomic E-state index is 3.00. The molecule has 1 fully saturated rings. The predicted octanol–water partition coefficient (Wildman–Crippen LogP) is 5.21. The van der Waals surface area contributed by atoms with Gasteiger partial charge in [0.2, 0.25) is 0 Å². The molecular weight excluding hydrogens is 309 g/mol. The molecule has 0 N–H and O–H groups in total. The van der Waals surface area contributed by atoms with Gasteiger partial charge in [-0.1, -0.05) is 100 Å². The zero-order valence-electron chi connectivity index (χ0n) is 13.7. The molecular formula is C22H22NP. The summed E-state index contributed by atoms with van der Waals surface area (Å²) in [6.45, 7) is 1.06. The second-order valence-electron chi connectivity index (χ2n) is 6.44. The Morgan fingerprint density at radius 1 is 0.708 bits per heavy atom. The van der Waals surface area contributed by atoms with E-state index in [9.17, 15) is 0 Å². The largest absolute Gasteiger partial charge is 0.273 e. The number of nitrogens with zero attached hydrogens (tertiary/aromatic N) is 1. The molecule has 1 saturated heterocycles. The Bertz CT molecular complexity index is 746. The third-order valence-electron chi connectivity index (χ3n) is 5.25. The molecule has 2 atom stereocenters. The van der Waals surface area contributed by atoms with Crippen molar-refractivity contribution in [1.82, 2.24) is 4.67 Å². The molecule has 0 amide bonds. The minimum atomic E-state index is -0.144. The normalized spacial score (nSPS) is 20.1. The molecule has 0 aliphatic carbocycles. The van der Waals surface area contributed by atoms with Crippen LogP contribution in [0.2, 0.25) is 0 Å². The summed E-state index contributed by atoms with van der Waals surface area (Å²) in [4.78, 5) is 0. The van der Waals surface area contributed by atoms with Crippen LogP contribution in [-0.2, 0) is 5.54 Å². The first-order valence-electron chi connectivity index (χ1n) is 8.52. The highest BCUT2D eigenvalue weighted by atomic mass is 31.0. The van der Waals surface area contributed by atoms with Crippen LogP contribution in [0.15, 0.2) is 91.0 Å². The number of hydrogen-bond acceptors (Lipinski definition) is 1. The number of rotatable bonds is 3. The molecule has 3 aromatic rings. The Kier molecular flexibility index (Phi) is 4.22. The zero-order chi connectivity index (χ0) is 16.4. The monoisotopic (exact) mass is 331 g/mol. The van der Waals surface area contributed by atoms with Gasteiger partial charge in [-0.2, -0.15) is 0 Å². The second-order valence-corrected chi connectivity index (χ2v) is 7.07. The Balaban J connectivity index is 1.97. The highest BCUT2D eigenvalue weighted by Crippen LogP contribution is 2.54. The Morgan fingerprint density at radius 2 is 1.17 bits per heavy atom. The molecule has 1 nitrogen and oxygen atoms in total. The molecule has 120 valence electrons. The average Bonchev–Trinajstić information content (AvgIpc) is 3.02. The number of benzene rings is 3. The number of hydrogen-bond donors (Lipinski definition) is 0.